The Hall–Kier alpha value is -2.74. The lowest BCUT2D eigenvalue weighted by molar-refractivity contribution is -0.113. The highest BCUT2D eigenvalue weighted by Crippen LogP contribution is 2.32. The molecule has 1 aliphatic heterocycles. The van der Waals surface area contributed by atoms with Crippen molar-refractivity contribution in [3.05, 3.63) is 58.7 Å². The highest BCUT2D eigenvalue weighted by Gasteiger charge is 2.34. The minimum Gasteiger partial charge on any atom is -0.360 e. The first kappa shape index (κ1) is 20.0. The van der Waals surface area contributed by atoms with Gasteiger partial charge in [0.05, 0.1) is 11.6 Å². The number of anilines is 1. The van der Waals surface area contributed by atoms with E-state index in [9.17, 15) is 9.18 Å². The summed E-state index contributed by atoms with van der Waals surface area (Å²) in [7, 11) is 0. The molecule has 28 heavy (non-hydrogen) atoms. The fourth-order valence-corrected chi connectivity index (χ4v) is 3.53. The fraction of sp³-hybridized carbons (Fsp3) is 0.350. The van der Waals surface area contributed by atoms with Gasteiger partial charge in [0.1, 0.15) is 11.6 Å². The summed E-state index contributed by atoms with van der Waals surface area (Å²) in [4.78, 5) is 15.0. The molecular weight excluding hydrogens is 379 g/mol. The lowest BCUT2D eigenvalue weighted by Crippen LogP contribution is -2.49. The van der Waals surface area contributed by atoms with Crippen LogP contribution >= 0.6 is 12.2 Å². The lowest BCUT2D eigenvalue weighted by Gasteiger charge is -2.38. The first-order valence-corrected chi connectivity index (χ1v) is 9.46. The van der Waals surface area contributed by atoms with Crippen LogP contribution in [0, 0.1) is 18.7 Å². The first-order chi connectivity index (χ1) is 13.3. The summed E-state index contributed by atoms with van der Waals surface area (Å²) in [6.07, 6.45) is 0. The highest BCUT2D eigenvalue weighted by atomic mass is 32.1. The summed E-state index contributed by atoms with van der Waals surface area (Å²) < 4.78 is 18.9. The number of hydrogen-bond acceptors (Lipinski definition) is 4. The smallest absolute Gasteiger partial charge is 0.257 e. The second-order valence-electron chi connectivity index (χ2n) is 7.22. The van der Waals surface area contributed by atoms with Gasteiger partial charge in [0.2, 0.25) is 0 Å². The molecule has 1 aliphatic rings. The molecule has 6 nitrogen and oxygen atoms in total. The van der Waals surface area contributed by atoms with Crippen molar-refractivity contribution in [2.24, 2.45) is 5.92 Å². The average Bonchev–Trinajstić information content (AvgIpc) is 3.02. The Bertz CT molecular complexity index is 938. The number of halogens is 1. The van der Waals surface area contributed by atoms with Gasteiger partial charge in [-0.15, -0.1) is 0 Å². The van der Waals surface area contributed by atoms with E-state index in [0.717, 1.165) is 5.70 Å². The number of allylic oxidation sites excluding steroid dienone is 1. The maximum Gasteiger partial charge on any atom is 0.257 e. The molecule has 0 spiro atoms. The number of benzene rings is 1. The third-order valence-electron chi connectivity index (χ3n) is 4.44. The zero-order chi connectivity index (χ0) is 20.4. The van der Waals surface area contributed by atoms with E-state index in [4.69, 9.17) is 16.7 Å². The molecule has 0 bridgehead atoms. The number of hydrogen-bond donors (Lipinski definition) is 2. The molecule has 2 N–H and O–H groups in total. The Morgan fingerprint density at radius 3 is 2.75 bits per heavy atom. The number of thiocarbonyl (C=S) groups is 1. The number of aryl methyl sites for hydroxylation is 1. The van der Waals surface area contributed by atoms with Crippen LogP contribution in [0.4, 0.5) is 10.2 Å². The van der Waals surface area contributed by atoms with Crippen molar-refractivity contribution in [1.29, 1.82) is 0 Å². The van der Waals surface area contributed by atoms with Crippen LogP contribution in [0.2, 0.25) is 0 Å². The van der Waals surface area contributed by atoms with Crippen LogP contribution in [0.1, 0.15) is 38.1 Å². The minimum atomic E-state index is -0.570. The van der Waals surface area contributed by atoms with E-state index in [1.54, 1.807) is 25.1 Å². The third-order valence-corrected chi connectivity index (χ3v) is 4.78. The highest BCUT2D eigenvalue weighted by molar-refractivity contribution is 7.80. The van der Waals surface area contributed by atoms with Crippen molar-refractivity contribution < 1.29 is 13.7 Å². The van der Waals surface area contributed by atoms with Gasteiger partial charge in [-0.3, -0.25) is 4.79 Å². The van der Waals surface area contributed by atoms with Gasteiger partial charge in [0, 0.05) is 18.3 Å². The Morgan fingerprint density at radius 2 is 2.14 bits per heavy atom. The SMILES string of the molecule is CC1=C(C(=O)Nc2cc(C)on2)C(c2cccc(F)c2)NC(=S)N1CC(C)C. The van der Waals surface area contributed by atoms with Crippen LogP contribution < -0.4 is 10.6 Å². The number of aromatic nitrogens is 1. The summed E-state index contributed by atoms with van der Waals surface area (Å²) in [5, 5.41) is 10.3. The van der Waals surface area contributed by atoms with Gasteiger partial charge >= 0.3 is 0 Å². The van der Waals surface area contributed by atoms with Crippen LogP contribution in [0.3, 0.4) is 0 Å². The lowest BCUT2D eigenvalue weighted by atomic mass is 9.94. The summed E-state index contributed by atoms with van der Waals surface area (Å²) in [5.74, 6) is 0.530. The molecular formula is C20H23FN4O2S. The molecule has 0 aliphatic carbocycles. The summed E-state index contributed by atoms with van der Waals surface area (Å²) in [6, 6.07) is 7.21. The van der Waals surface area contributed by atoms with Crippen LogP contribution in [0.5, 0.6) is 0 Å². The topological polar surface area (TPSA) is 70.4 Å². The molecule has 3 rings (SSSR count). The van der Waals surface area contributed by atoms with Gasteiger partial charge in [-0.05, 0) is 49.7 Å². The second kappa shape index (κ2) is 8.10. The molecule has 8 heteroatoms. The molecule has 2 heterocycles. The number of rotatable bonds is 5. The number of carbonyl (C=O) groups is 1. The van der Waals surface area contributed by atoms with Crippen LogP contribution in [0.15, 0.2) is 46.1 Å². The van der Waals surface area contributed by atoms with E-state index in [1.165, 1.54) is 12.1 Å². The van der Waals surface area contributed by atoms with Crippen LogP contribution in [-0.2, 0) is 4.79 Å². The maximum atomic E-state index is 13.8. The summed E-state index contributed by atoms with van der Waals surface area (Å²) >= 11 is 5.53. The fourth-order valence-electron chi connectivity index (χ4n) is 3.21. The number of nitrogens with zero attached hydrogens (tertiary/aromatic N) is 2. The van der Waals surface area contributed by atoms with Crippen LogP contribution in [-0.4, -0.2) is 27.6 Å². The van der Waals surface area contributed by atoms with Crippen LogP contribution in [0.25, 0.3) is 0 Å². The van der Waals surface area contributed by atoms with Crippen molar-refractivity contribution >= 4 is 29.1 Å². The largest absolute Gasteiger partial charge is 0.360 e. The van der Waals surface area contributed by atoms with Gasteiger partial charge in [0.15, 0.2) is 10.9 Å². The molecule has 0 radical (unpaired) electrons. The van der Waals surface area contributed by atoms with E-state index in [-0.39, 0.29) is 11.7 Å². The van der Waals surface area contributed by atoms with E-state index in [1.807, 2.05) is 11.8 Å². The first-order valence-electron chi connectivity index (χ1n) is 9.05. The Balaban J connectivity index is 2.03. The zero-order valence-electron chi connectivity index (χ0n) is 16.2. The molecule has 2 aromatic rings. The molecule has 0 fully saturated rings. The van der Waals surface area contributed by atoms with E-state index in [2.05, 4.69) is 29.6 Å². The predicted molar refractivity (Wildman–Crippen MR) is 109 cm³/mol. The molecule has 1 unspecified atom stereocenters. The molecule has 1 atom stereocenters. The normalized spacial score (nSPS) is 17.1. The van der Waals surface area contributed by atoms with Gasteiger partial charge in [-0.1, -0.05) is 31.1 Å². The maximum absolute atomic E-state index is 13.8. The van der Waals surface area contributed by atoms with E-state index >= 15 is 0 Å². The Morgan fingerprint density at radius 1 is 1.39 bits per heavy atom. The predicted octanol–water partition coefficient (Wildman–Crippen LogP) is 3.92. The molecule has 0 saturated heterocycles. The summed E-state index contributed by atoms with van der Waals surface area (Å²) in [6.45, 7) is 8.41. The minimum absolute atomic E-state index is 0.323. The number of amides is 1. The molecule has 1 amide bonds. The number of carbonyl (C=O) groups excluding carboxylic acids is 1. The van der Waals surface area contributed by atoms with Crippen molar-refractivity contribution in [3.63, 3.8) is 0 Å². The van der Waals surface area contributed by atoms with Crippen molar-refractivity contribution in [3.8, 4) is 0 Å². The third kappa shape index (κ3) is 4.22. The average molecular weight is 402 g/mol. The van der Waals surface area contributed by atoms with E-state index in [0.29, 0.717) is 40.3 Å². The monoisotopic (exact) mass is 402 g/mol. The standard InChI is InChI=1S/C20H23FN4O2S/c1-11(2)10-25-13(4)17(19(26)22-16-8-12(3)27-24-16)18(23-20(25)28)14-6-5-7-15(21)9-14/h5-9,11,18H,10H2,1-4H3,(H,23,28)(H,22,24,26). The zero-order valence-corrected chi connectivity index (χ0v) is 17.1. The van der Waals surface area contributed by atoms with E-state index < -0.39 is 6.04 Å². The second-order valence-corrected chi connectivity index (χ2v) is 7.60. The van der Waals surface area contributed by atoms with Gasteiger partial charge < -0.3 is 20.1 Å². The molecule has 148 valence electrons. The van der Waals surface area contributed by atoms with Gasteiger partial charge in [-0.25, -0.2) is 4.39 Å². The van der Waals surface area contributed by atoms with Gasteiger partial charge in [-0.2, -0.15) is 0 Å². The quantitative estimate of drug-likeness (QED) is 0.739. The van der Waals surface area contributed by atoms with Crippen molar-refractivity contribution in [2.45, 2.75) is 33.7 Å². The Kier molecular flexibility index (Phi) is 5.79. The van der Waals surface area contributed by atoms with Crippen molar-refractivity contribution in [2.75, 3.05) is 11.9 Å². The number of nitrogens with one attached hydrogen (secondary N) is 2. The summed E-state index contributed by atoms with van der Waals surface area (Å²) in [5.41, 5.74) is 1.80. The molecule has 0 saturated carbocycles. The van der Waals surface area contributed by atoms with Gasteiger partial charge in [0.25, 0.3) is 5.91 Å². The van der Waals surface area contributed by atoms with Crippen molar-refractivity contribution in [1.82, 2.24) is 15.4 Å². The Labute approximate surface area is 168 Å². The molecule has 1 aromatic carbocycles. The molecule has 1 aromatic heterocycles.